The van der Waals surface area contributed by atoms with E-state index in [4.69, 9.17) is 10.5 Å². The van der Waals surface area contributed by atoms with E-state index in [0.717, 1.165) is 34.4 Å². The maximum absolute atomic E-state index is 9.28. The lowest BCUT2D eigenvalue weighted by Gasteiger charge is -2.05. The number of nitrogen functional groups attached to an aromatic ring is 1. The summed E-state index contributed by atoms with van der Waals surface area (Å²) in [4.78, 5) is 0. The number of anilines is 1. The zero-order valence-electron chi connectivity index (χ0n) is 11.9. The minimum atomic E-state index is 0.234. The van der Waals surface area contributed by atoms with Gasteiger partial charge in [-0.2, -0.15) is 0 Å². The van der Waals surface area contributed by atoms with Crippen molar-refractivity contribution in [2.45, 2.75) is 20.1 Å². The van der Waals surface area contributed by atoms with Crippen LogP contribution in [0.15, 0.2) is 48.7 Å². The van der Waals surface area contributed by atoms with Crippen molar-refractivity contribution in [3.63, 3.8) is 0 Å². The second kappa shape index (κ2) is 5.40. The number of phenolic OH excluding ortho intramolecular Hbond substituents is 1. The molecule has 3 rings (SSSR count). The number of fused-ring (bicyclic) bond motifs is 1. The fraction of sp³-hybridized carbons (Fsp3) is 0.176. The molecule has 4 heteroatoms. The lowest BCUT2D eigenvalue weighted by atomic mass is 10.1. The standard InChI is InChI=1S/C17H18N2O2/c1-2-19-10-12(16-9-13(18)3-8-17(16)19)11-21-15-6-4-14(20)5-7-15/h3-10,20H,2,11,18H2,1H3. The van der Waals surface area contributed by atoms with Gasteiger partial charge in [0.2, 0.25) is 0 Å². The van der Waals surface area contributed by atoms with Gasteiger partial charge < -0.3 is 20.1 Å². The van der Waals surface area contributed by atoms with Crippen molar-refractivity contribution in [1.29, 1.82) is 0 Å². The summed E-state index contributed by atoms with van der Waals surface area (Å²) >= 11 is 0. The summed E-state index contributed by atoms with van der Waals surface area (Å²) in [6.07, 6.45) is 2.10. The summed E-state index contributed by atoms with van der Waals surface area (Å²) in [5.41, 5.74) is 8.91. The first kappa shape index (κ1) is 13.4. The number of benzene rings is 2. The average molecular weight is 282 g/mol. The van der Waals surface area contributed by atoms with Gasteiger partial charge >= 0.3 is 0 Å². The quantitative estimate of drug-likeness (QED) is 0.720. The molecule has 0 atom stereocenters. The fourth-order valence-electron chi connectivity index (χ4n) is 2.47. The number of aromatic nitrogens is 1. The lowest BCUT2D eigenvalue weighted by Crippen LogP contribution is -1.95. The van der Waals surface area contributed by atoms with Crippen molar-refractivity contribution in [1.82, 2.24) is 4.57 Å². The Morgan fingerprint density at radius 1 is 1.14 bits per heavy atom. The minimum absolute atomic E-state index is 0.234. The molecule has 1 aromatic heterocycles. The molecule has 0 unspecified atom stereocenters. The maximum Gasteiger partial charge on any atom is 0.120 e. The molecule has 0 bridgehead atoms. The summed E-state index contributed by atoms with van der Waals surface area (Å²) in [5, 5.41) is 10.4. The molecule has 108 valence electrons. The molecule has 0 saturated heterocycles. The Balaban J connectivity index is 1.89. The number of ether oxygens (including phenoxy) is 1. The number of rotatable bonds is 4. The smallest absolute Gasteiger partial charge is 0.120 e. The van der Waals surface area contributed by atoms with Gasteiger partial charge in [-0.15, -0.1) is 0 Å². The number of hydrogen-bond donors (Lipinski definition) is 2. The van der Waals surface area contributed by atoms with E-state index in [0.29, 0.717) is 6.61 Å². The van der Waals surface area contributed by atoms with E-state index in [1.165, 1.54) is 0 Å². The van der Waals surface area contributed by atoms with Crippen LogP contribution >= 0.6 is 0 Å². The highest BCUT2D eigenvalue weighted by atomic mass is 16.5. The Morgan fingerprint density at radius 3 is 2.62 bits per heavy atom. The first-order valence-electron chi connectivity index (χ1n) is 6.96. The van der Waals surface area contributed by atoms with E-state index in [2.05, 4.69) is 17.7 Å². The molecule has 0 saturated carbocycles. The summed E-state index contributed by atoms with van der Waals surface area (Å²) in [5.74, 6) is 0.965. The Bertz CT molecular complexity index is 760. The van der Waals surface area contributed by atoms with E-state index in [1.807, 2.05) is 18.2 Å². The average Bonchev–Trinajstić information content (AvgIpc) is 2.84. The van der Waals surface area contributed by atoms with E-state index in [9.17, 15) is 5.11 Å². The van der Waals surface area contributed by atoms with Crippen molar-refractivity contribution >= 4 is 16.6 Å². The number of nitrogens with two attached hydrogens (primary N) is 1. The van der Waals surface area contributed by atoms with Crippen LogP contribution in [0.2, 0.25) is 0 Å². The summed E-state index contributed by atoms with van der Waals surface area (Å²) in [7, 11) is 0. The molecule has 3 aromatic rings. The highest BCUT2D eigenvalue weighted by Crippen LogP contribution is 2.25. The molecule has 0 aliphatic carbocycles. The van der Waals surface area contributed by atoms with Crippen LogP contribution in [0.1, 0.15) is 12.5 Å². The second-order valence-electron chi connectivity index (χ2n) is 5.00. The molecular formula is C17H18N2O2. The maximum atomic E-state index is 9.28. The van der Waals surface area contributed by atoms with Gasteiger partial charge in [-0.05, 0) is 49.4 Å². The highest BCUT2D eigenvalue weighted by molar-refractivity contribution is 5.86. The molecule has 0 fully saturated rings. The van der Waals surface area contributed by atoms with Gasteiger partial charge in [0.05, 0.1) is 0 Å². The summed E-state index contributed by atoms with van der Waals surface area (Å²) in [6, 6.07) is 12.7. The van der Waals surface area contributed by atoms with Gasteiger partial charge in [-0.1, -0.05) is 0 Å². The topological polar surface area (TPSA) is 60.4 Å². The molecular weight excluding hydrogens is 264 g/mol. The number of aromatic hydroxyl groups is 1. The fourth-order valence-corrected chi connectivity index (χ4v) is 2.47. The molecule has 3 N–H and O–H groups in total. The Labute approximate surface area is 123 Å². The molecule has 0 amide bonds. The van der Waals surface area contributed by atoms with Crippen LogP contribution in [0.5, 0.6) is 11.5 Å². The zero-order chi connectivity index (χ0) is 14.8. The van der Waals surface area contributed by atoms with Crippen LogP contribution < -0.4 is 10.5 Å². The van der Waals surface area contributed by atoms with E-state index < -0.39 is 0 Å². The molecule has 0 radical (unpaired) electrons. The van der Waals surface area contributed by atoms with Gasteiger partial charge in [0.15, 0.2) is 0 Å². The van der Waals surface area contributed by atoms with Crippen LogP contribution in [-0.2, 0) is 13.2 Å². The van der Waals surface area contributed by atoms with Gasteiger partial charge in [0.25, 0.3) is 0 Å². The third kappa shape index (κ3) is 2.65. The van der Waals surface area contributed by atoms with Crippen molar-refractivity contribution in [3.05, 3.63) is 54.2 Å². The molecule has 0 aliphatic rings. The van der Waals surface area contributed by atoms with Gasteiger partial charge in [-0.3, -0.25) is 0 Å². The third-order valence-electron chi connectivity index (χ3n) is 3.56. The van der Waals surface area contributed by atoms with Crippen molar-refractivity contribution < 1.29 is 9.84 Å². The largest absolute Gasteiger partial charge is 0.508 e. The van der Waals surface area contributed by atoms with Crippen molar-refractivity contribution in [3.8, 4) is 11.5 Å². The number of aryl methyl sites for hydroxylation is 1. The molecule has 0 aliphatic heterocycles. The number of nitrogens with zero attached hydrogens (tertiary/aromatic N) is 1. The van der Waals surface area contributed by atoms with E-state index in [-0.39, 0.29) is 5.75 Å². The summed E-state index contributed by atoms with van der Waals surface area (Å²) < 4.78 is 7.97. The SMILES string of the molecule is CCn1cc(COc2ccc(O)cc2)c2cc(N)ccc21. The van der Waals surface area contributed by atoms with Gasteiger partial charge in [-0.25, -0.2) is 0 Å². The first-order chi connectivity index (χ1) is 10.2. The normalized spacial score (nSPS) is 10.9. The zero-order valence-corrected chi connectivity index (χ0v) is 11.9. The van der Waals surface area contributed by atoms with E-state index >= 15 is 0 Å². The Morgan fingerprint density at radius 2 is 1.90 bits per heavy atom. The van der Waals surface area contributed by atoms with Crippen molar-refractivity contribution in [2.24, 2.45) is 0 Å². The molecule has 21 heavy (non-hydrogen) atoms. The Kier molecular flexibility index (Phi) is 3.44. The lowest BCUT2D eigenvalue weighted by molar-refractivity contribution is 0.307. The van der Waals surface area contributed by atoms with Crippen LogP contribution in [0.25, 0.3) is 10.9 Å². The first-order valence-corrected chi connectivity index (χ1v) is 6.96. The summed E-state index contributed by atoms with van der Waals surface area (Å²) in [6.45, 7) is 3.48. The molecule has 1 heterocycles. The predicted molar refractivity (Wildman–Crippen MR) is 84.5 cm³/mol. The molecule has 2 aromatic carbocycles. The second-order valence-corrected chi connectivity index (χ2v) is 5.00. The predicted octanol–water partition coefficient (Wildman–Crippen LogP) is 3.53. The van der Waals surface area contributed by atoms with Crippen molar-refractivity contribution in [2.75, 3.05) is 5.73 Å². The number of hydrogen-bond acceptors (Lipinski definition) is 3. The third-order valence-corrected chi connectivity index (χ3v) is 3.56. The van der Waals surface area contributed by atoms with Crippen LogP contribution in [0.3, 0.4) is 0 Å². The van der Waals surface area contributed by atoms with E-state index in [1.54, 1.807) is 24.3 Å². The van der Waals surface area contributed by atoms with Gasteiger partial charge in [0.1, 0.15) is 18.1 Å². The number of phenols is 1. The molecule has 4 nitrogen and oxygen atoms in total. The van der Waals surface area contributed by atoms with Crippen LogP contribution in [-0.4, -0.2) is 9.67 Å². The van der Waals surface area contributed by atoms with Gasteiger partial charge in [0, 0.05) is 34.9 Å². The van der Waals surface area contributed by atoms with Crippen LogP contribution in [0, 0.1) is 0 Å². The molecule has 0 spiro atoms. The Hall–Kier alpha value is -2.62. The minimum Gasteiger partial charge on any atom is -0.508 e. The van der Waals surface area contributed by atoms with Crippen LogP contribution in [0.4, 0.5) is 5.69 Å². The monoisotopic (exact) mass is 282 g/mol. The highest BCUT2D eigenvalue weighted by Gasteiger charge is 2.09.